The van der Waals surface area contributed by atoms with Crippen LogP contribution < -0.4 is 10.2 Å². The number of fused-ring (bicyclic) bond motifs is 1. The van der Waals surface area contributed by atoms with Crippen LogP contribution in [0.4, 0.5) is 16.0 Å². The summed E-state index contributed by atoms with van der Waals surface area (Å²) < 4.78 is 14.4. The van der Waals surface area contributed by atoms with Gasteiger partial charge >= 0.3 is 0 Å². The molecule has 1 fully saturated rings. The third-order valence-corrected chi connectivity index (χ3v) is 7.22. The van der Waals surface area contributed by atoms with E-state index in [1.54, 1.807) is 18.3 Å². The van der Waals surface area contributed by atoms with Gasteiger partial charge in [0.25, 0.3) is 0 Å². The van der Waals surface area contributed by atoms with Gasteiger partial charge in [0.05, 0.1) is 28.8 Å². The number of H-pyrrole nitrogens is 1. The average Bonchev–Trinajstić information content (AvgIpc) is 3.48. The van der Waals surface area contributed by atoms with Crippen molar-refractivity contribution < 1.29 is 4.39 Å². The molecule has 39 heavy (non-hydrogen) atoms. The number of tetrazole rings is 1. The first kappa shape index (κ1) is 25.1. The third kappa shape index (κ3) is 5.36. The monoisotopic (exact) mass is 544 g/mol. The van der Waals surface area contributed by atoms with E-state index in [2.05, 4.69) is 50.7 Å². The Hall–Kier alpha value is -4.22. The standard InChI is InChI=1S/C27H26ClFN10/c1-17(20-4-2-3-5-23(20)29)33-26-21-12-18(6-7-24(21)30-15-22(26)28)19-13-31-27(32-14-19)39-10-8-38(9-11-39)16-25-34-36-37-35-25/h2-7,12-15,17H,8-11,16H2,1H3,(H,30,33)(H,34,35,36,37). The molecular weight excluding hydrogens is 519 g/mol. The van der Waals surface area contributed by atoms with Crippen LogP contribution in [0.5, 0.6) is 0 Å². The van der Waals surface area contributed by atoms with Crippen LogP contribution >= 0.6 is 11.6 Å². The van der Waals surface area contributed by atoms with Crippen molar-refractivity contribution in [3.63, 3.8) is 0 Å². The molecule has 1 unspecified atom stereocenters. The predicted octanol–water partition coefficient (Wildman–Crippen LogP) is 4.49. The highest BCUT2D eigenvalue weighted by atomic mass is 35.5. The van der Waals surface area contributed by atoms with Gasteiger partial charge in [-0.05, 0) is 30.7 Å². The number of piperazine rings is 1. The Morgan fingerprint density at radius 3 is 2.54 bits per heavy atom. The number of aromatic nitrogens is 7. The second kappa shape index (κ2) is 10.9. The van der Waals surface area contributed by atoms with Crippen molar-refractivity contribution in [3.8, 4) is 11.1 Å². The second-order valence-electron chi connectivity index (χ2n) is 9.46. The summed E-state index contributed by atoms with van der Waals surface area (Å²) in [6, 6.07) is 12.4. The lowest BCUT2D eigenvalue weighted by Crippen LogP contribution is -2.46. The first-order chi connectivity index (χ1) is 19.0. The molecule has 10 nitrogen and oxygen atoms in total. The van der Waals surface area contributed by atoms with Crippen LogP contribution in [0.1, 0.15) is 24.4 Å². The fourth-order valence-corrected chi connectivity index (χ4v) is 5.01. The molecule has 0 aliphatic carbocycles. The summed E-state index contributed by atoms with van der Waals surface area (Å²) in [6.07, 6.45) is 5.28. The Labute approximate surface area is 229 Å². The van der Waals surface area contributed by atoms with Crippen molar-refractivity contribution in [2.24, 2.45) is 0 Å². The fourth-order valence-electron chi connectivity index (χ4n) is 4.80. The molecule has 12 heteroatoms. The summed E-state index contributed by atoms with van der Waals surface area (Å²) >= 11 is 6.57. The fraction of sp³-hybridized carbons (Fsp3) is 0.259. The summed E-state index contributed by atoms with van der Waals surface area (Å²) in [5.74, 6) is 1.12. The predicted molar refractivity (Wildman–Crippen MR) is 148 cm³/mol. The number of nitrogens with one attached hydrogen (secondary N) is 2. The minimum Gasteiger partial charge on any atom is -0.377 e. The number of hydrogen-bond acceptors (Lipinski definition) is 9. The first-order valence-electron chi connectivity index (χ1n) is 12.7. The van der Waals surface area contributed by atoms with E-state index in [0.29, 0.717) is 34.6 Å². The Bertz CT molecular complexity index is 1570. The van der Waals surface area contributed by atoms with E-state index in [0.717, 1.165) is 48.2 Å². The maximum absolute atomic E-state index is 14.4. The molecule has 1 saturated heterocycles. The first-order valence-corrected chi connectivity index (χ1v) is 13.0. The van der Waals surface area contributed by atoms with Gasteiger partial charge in [-0.15, -0.1) is 10.2 Å². The molecule has 198 valence electrons. The number of pyridine rings is 1. The summed E-state index contributed by atoms with van der Waals surface area (Å²) in [6.45, 7) is 5.92. The third-order valence-electron chi connectivity index (χ3n) is 6.94. The van der Waals surface area contributed by atoms with Crippen molar-refractivity contribution in [1.29, 1.82) is 0 Å². The van der Waals surface area contributed by atoms with Gasteiger partial charge in [-0.3, -0.25) is 9.88 Å². The molecular formula is C27H26ClFN10. The van der Waals surface area contributed by atoms with E-state index in [1.165, 1.54) is 6.07 Å². The van der Waals surface area contributed by atoms with E-state index in [1.807, 2.05) is 43.6 Å². The van der Waals surface area contributed by atoms with Crippen LogP contribution in [0, 0.1) is 5.82 Å². The molecule has 5 aromatic rings. The summed E-state index contributed by atoms with van der Waals surface area (Å²) in [7, 11) is 0. The van der Waals surface area contributed by atoms with Gasteiger partial charge in [-0.25, -0.2) is 14.4 Å². The minimum absolute atomic E-state index is 0.265. The van der Waals surface area contributed by atoms with E-state index in [9.17, 15) is 4.39 Å². The van der Waals surface area contributed by atoms with Crippen LogP contribution in [0.3, 0.4) is 0 Å². The second-order valence-corrected chi connectivity index (χ2v) is 9.87. The summed E-state index contributed by atoms with van der Waals surface area (Å²) in [4.78, 5) is 18.2. The molecule has 3 aromatic heterocycles. The number of aromatic amines is 1. The highest BCUT2D eigenvalue weighted by molar-refractivity contribution is 6.34. The van der Waals surface area contributed by atoms with E-state index >= 15 is 0 Å². The molecule has 1 aliphatic rings. The Morgan fingerprint density at radius 2 is 1.79 bits per heavy atom. The number of rotatable bonds is 7. The molecule has 2 N–H and O–H groups in total. The highest BCUT2D eigenvalue weighted by Crippen LogP contribution is 2.35. The number of hydrogen-bond donors (Lipinski definition) is 2. The number of nitrogens with zero attached hydrogens (tertiary/aromatic N) is 8. The zero-order valence-electron chi connectivity index (χ0n) is 21.2. The lowest BCUT2D eigenvalue weighted by molar-refractivity contribution is 0.243. The van der Waals surface area contributed by atoms with Crippen molar-refractivity contribution in [1.82, 2.24) is 40.5 Å². The van der Waals surface area contributed by atoms with Gasteiger partial charge in [0.15, 0.2) is 5.82 Å². The SMILES string of the molecule is CC(Nc1c(Cl)cnc2ccc(-c3cnc(N4CCN(Cc5nn[nH]n5)CC4)nc3)cc12)c1ccccc1F. The zero-order chi connectivity index (χ0) is 26.8. The average molecular weight is 545 g/mol. The molecule has 1 atom stereocenters. The van der Waals surface area contributed by atoms with Crippen LogP contribution in [0.25, 0.3) is 22.0 Å². The Morgan fingerprint density at radius 1 is 1.00 bits per heavy atom. The summed E-state index contributed by atoms with van der Waals surface area (Å²) in [5.41, 5.74) is 3.86. The van der Waals surface area contributed by atoms with Gasteiger partial charge < -0.3 is 10.2 Å². The molecule has 6 rings (SSSR count). The van der Waals surface area contributed by atoms with Crippen LogP contribution in [0.2, 0.25) is 5.02 Å². The van der Waals surface area contributed by atoms with Crippen molar-refractivity contribution in [2.75, 3.05) is 36.4 Å². The smallest absolute Gasteiger partial charge is 0.225 e. The quantitative estimate of drug-likeness (QED) is 0.306. The molecule has 2 aromatic carbocycles. The maximum atomic E-state index is 14.4. The molecule has 0 radical (unpaired) electrons. The van der Waals surface area contributed by atoms with Gasteiger partial charge in [-0.2, -0.15) is 5.21 Å². The largest absolute Gasteiger partial charge is 0.377 e. The highest BCUT2D eigenvalue weighted by Gasteiger charge is 2.20. The van der Waals surface area contributed by atoms with Crippen LogP contribution in [0.15, 0.2) is 61.1 Å². The normalized spacial score (nSPS) is 15.0. The van der Waals surface area contributed by atoms with E-state index in [4.69, 9.17) is 11.6 Å². The van der Waals surface area contributed by atoms with Crippen molar-refractivity contribution in [2.45, 2.75) is 19.5 Å². The minimum atomic E-state index is -0.298. The molecule has 4 heterocycles. The molecule has 1 aliphatic heterocycles. The van der Waals surface area contributed by atoms with Gasteiger partial charge in [-0.1, -0.05) is 41.1 Å². The van der Waals surface area contributed by atoms with Crippen molar-refractivity contribution in [3.05, 3.63) is 83.3 Å². The van der Waals surface area contributed by atoms with Crippen LogP contribution in [-0.2, 0) is 6.54 Å². The van der Waals surface area contributed by atoms with Gasteiger partial charge in [0.1, 0.15) is 5.82 Å². The Kier molecular flexibility index (Phi) is 6.99. The lowest BCUT2D eigenvalue weighted by atomic mass is 10.0. The number of anilines is 2. The van der Waals surface area contributed by atoms with Gasteiger partial charge in [0, 0.05) is 61.3 Å². The number of benzene rings is 2. The van der Waals surface area contributed by atoms with E-state index in [-0.39, 0.29) is 11.9 Å². The molecule has 0 spiro atoms. The van der Waals surface area contributed by atoms with Crippen LogP contribution in [-0.4, -0.2) is 66.7 Å². The van der Waals surface area contributed by atoms with Gasteiger partial charge in [0.2, 0.25) is 5.95 Å². The lowest BCUT2D eigenvalue weighted by Gasteiger charge is -2.33. The topological polar surface area (TPSA) is 112 Å². The molecule has 0 amide bonds. The summed E-state index contributed by atoms with van der Waals surface area (Å²) in [5, 5.41) is 18.9. The van der Waals surface area contributed by atoms with Crippen molar-refractivity contribution >= 4 is 34.1 Å². The zero-order valence-corrected chi connectivity index (χ0v) is 22.0. The Balaban J connectivity index is 1.20. The molecule has 0 saturated carbocycles. The maximum Gasteiger partial charge on any atom is 0.225 e. The number of halogens is 2. The molecule has 0 bridgehead atoms. The van der Waals surface area contributed by atoms with E-state index < -0.39 is 0 Å².